The Morgan fingerprint density at radius 1 is 0.645 bits per heavy atom. The Morgan fingerprint density at radius 2 is 1.11 bits per heavy atom. The highest BCUT2D eigenvalue weighted by Crippen LogP contribution is 2.36. The van der Waals surface area contributed by atoms with E-state index in [1.54, 1.807) is 6.07 Å². The first-order valence-electron chi connectivity index (χ1n) is 20.1. The number of hydrogen-bond donors (Lipinski definition) is 2. The fourth-order valence-electron chi connectivity index (χ4n) is 7.63. The van der Waals surface area contributed by atoms with Crippen molar-refractivity contribution in [1.29, 1.82) is 0 Å². The monoisotopic (exact) mass is 836 g/mol. The average Bonchev–Trinajstić information content (AvgIpc) is 4.08. The summed E-state index contributed by atoms with van der Waals surface area (Å²) in [5.41, 5.74) is 5.53. The van der Waals surface area contributed by atoms with Crippen LogP contribution in [-0.4, -0.2) is 87.8 Å². The number of rotatable bonds is 10. The Labute approximate surface area is 354 Å². The predicted molar refractivity (Wildman–Crippen MR) is 233 cm³/mol. The van der Waals surface area contributed by atoms with Gasteiger partial charge in [0.25, 0.3) is 11.9 Å². The predicted octanol–water partition coefficient (Wildman–Crippen LogP) is 8.70. The number of carboxylic acid groups (broad SMARTS) is 2. The van der Waals surface area contributed by atoms with Gasteiger partial charge in [0.05, 0.1) is 34.6 Å². The van der Waals surface area contributed by atoms with Crippen LogP contribution in [0.15, 0.2) is 97.6 Å². The van der Waals surface area contributed by atoms with Gasteiger partial charge in [0, 0.05) is 72.6 Å². The quantitative estimate of drug-likeness (QED) is 0.135. The smallest absolute Gasteiger partial charge is 0.338 e. The Hall–Kier alpha value is -7.62. The highest BCUT2D eigenvalue weighted by Gasteiger charge is 2.23. The SMILES string of the molecule is CCN(CC)c1nc(-n2cc(C(=O)O)cn2)nc2cc(F)c(-c3ccccc3C)cc12.Cc1ccccc1-c1cc2c(N3CCCC3)nc(-n3cc(C(=O)O)cn3)nc2cc1F. The number of aromatic nitrogens is 8. The van der Waals surface area contributed by atoms with Crippen molar-refractivity contribution in [3.05, 3.63) is 131 Å². The van der Waals surface area contributed by atoms with E-state index in [1.165, 1.54) is 46.3 Å². The van der Waals surface area contributed by atoms with Gasteiger partial charge in [0.15, 0.2) is 0 Å². The van der Waals surface area contributed by atoms with E-state index >= 15 is 8.78 Å². The maximum atomic E-state index is 15.2. The molecule has 8 aromatic rings. The van der Waals surface area contributed by atoms with E-state index in [0.29, 0.717) is 46.9 Å². The number of nitrogens with zero attached hydrogens (tertiary/aromatic N) is 10. The Morgan fingerprint density at radius 3 is 1.58 bits per heavy atom. The third kappa shape index (κ3) is 8.01. The van der Waals surface area contributed by atoms with Crippen molar-refractivity contribution in [2.45, 2.75) is 40.5 Å². The first-order valence-corrected chi connectivity index (χ1v) is 20.1. The molecule has 1 aliphatic rings. The summed E-state index contributed by atoms with van der Waals surface area (Å²) in [5, 5.41) is 28.0. The summed E-state index contributed by atoms with van der Waals surface area (Å²) in [4.78, 5) is 45.0. The molecule has 0 spiro atoms. The number of hydrogen-bond acceptors (Lipinski definition) is 10. The molecular formula is C46H42F2N10O4. The normalized spacial score (nSPS) is 12.5. The van der Waals surface area contributed by atoms with E-state index in [9.17, 15) is 19.8 Å². The Kier molecular flexibility index (Phi) is 11.4. The van der Waals surface area contributed by atoms with Gasteiger partial charge in [-0.3, -0.25) is 0 Å². The van der Waals surface area contributed by atoms with Crippen molar-refractivity contribution >= 4 is 45.4 Å². The number of aromatic carboxylic acids is 2. The van der Waals surface area contributed by atoms with Gasteiger partial charge in [0.1, 0.15) is 23.3 Å². The molecule has 1 fully saturated rings. The molecule has 0 bridgehead atoms. The van der Waals surface area contributed by atoms with Crippen molar-refractivity contribution < 1.29 is 28.6 Å². The lowest BCUT2D eigenvalue weighted by Gasteiger charge is -2.22. The van der Waals surface area contributed by atoms with Gasteiger partial charge in [-0.15, -0.1) is 0 Å². The van der Waals surface area contributed by atoms with Crippen LogP contribution in [0, 0.1) is 25.5 Å². The van der Waals surface area contributed by atoms with E-state index in [1.807, 2.05) is 82.3 Å². The molecule has 0 atom stereocenters. The van der Waals surface area contributed by atoms with Gasteiger partial charge < -0.3 is 20.0 Å². The van der Waals surface area contributed by atoms with Crippen molar-refractivity contribution in [3.8, 4) is 34.2 Å². The zero-order valence-electron chi connectivity index (χ0n) is 34.4. The molecule has 16 heteroatoms. The first kappa shape index (κ1) is 41.1. The minimum Gasteiger partial charge on any atom is -0.478 e. The van der Waals surface area contributed by atoms with E-state index in [-0.39, 0.29) is 34.7 Å². The van der Waals surface area contributed by atoms with Crippen LogP contribution in [0.25, 0.3) is 56.0 Å². The molecule has 9 rings (SSSR count). The molecule has 0 radical (unpaired) electrons. The second-order valence-corrected chi connectivity index (χ2v) is 14.8. The largest absolute Gasteiger partial charge is 0.478 e. The van der Waals surface area contributed by atoms with Crippen LogP contribution in [0.4, 0.5) is 20.4 Å². The molecule has 1 saturated heterocycles. The molecule has 0 saturated carbocycles. The van der Waals surface area contributed by atoms with Crippen LogP contribution >= 0.6 is 0 Å². The average molecular weight is 837 g/mol. The lowest BCUT2D eigenvalue weighted by Crippen LogP contribution is -2.24. The van der Waals surface area contributed by atoms with E-state index in [4.69, 9.17) is 4.98 Å². The van der Waals surface area contributed by atoms with E-state index < -0.39 is 11.9 Å². The van der Waals surface area contributed by atoms with Gasteiger partial charge in [-0.2, -0.15) is 20.2 Å². The van der Waals surface area contributed by atoms with Gasteiger partial charge in [-0.05, 0) is 74.9 Å². The number of benzene rings is 4. The molecular weight excluding hydrogens is 795 g/mol. The highest BCUT2D eigenvalue weighted by atomic mass is 19.1. The molecule has 0 aliphatic carbocycles. The molecule has 5 heterocycles. The van der Waals surface area contributed by atoms with Crippen LogP contribution in [0.2, 0.25) is 0 Å². The third-order valence-electron chi connectivity index (χ3n) is 10.9. The summed E-state index contributed by atoms with van der Waals surface area (Å²) in [6.07, 6.45) is 7.28. The zero-order valence-corrected chi connectivity index (χ0v) is 34.4. The zero-order chi connectivity index (χ0) is 43.7. The van der Waals surface area contributed by atoms with Gasteiger partial charge in [-0.1, -0.05) is 48.5 Å². The second-order valence-electron chi connectivity index (χ2n) is 14.8. The summed E-state index contributed by atoms with van der Waals surface area (Å²) < 4.78 is 32.9. The molecule has 314 valence electrons. The molecule has 4 aromatic heterocycles. The maximum Gasteiger partial charge on any atom is 0.338 e. The molecule has 2 N–H and O–H groups in total. The van der Waals surface area contributed by atoms with Crippen LogP contribution in [0.5, 0.6) is 0 Å². The van der Waals surface area contributed by atoms with Crippen molar-refractivity contribution in [2.75, 3.05) is 36.0 Å². The fraction of sp³-hybridized carbons (Fsp3) is 0.217. The highest BCUT2D eigenvalue weighted by molar-refractivity contribution is 5.95. The molecule has 62 heavy (non-hydrogen) atoms. The van der Waals surface area contributed by atoms with Crippen molar-refractivity contribution in [1.82, 2.24) is 39.5 Å². The summed E-state index contributed by atoms with van der Waals surface area (Å²) in [6, 6.07) is 21.7. The minimum absolute atomic E-state index is 0.0224. The second kappa shape index (κ2) is 17.2. The van der Waals surface area contributed by atoms with E-state index in [2.05, 4.69) is 34.9 Å². The van der Waals surface area contributed by atoms with Gasteiger partial charge >= 0.3 is 11.9 Å². The summed E-state index contributed by atoms with van der Waals surface area (Å²) in [6.45, 7) is 11.0. The molecule has 1 aliphatic heterocycles. The van der Waals surface area contributed by atoms with Crippen LogP contribution in [0.1, 0.15) is 58.5 Å². The standard InChI is InChI=1S/C23H20FN5O2.C23H22FN5O2/c1-14-6-2-3-7-16(14)17-10-18-20(11-19(17)24)26-23(27-21(18)28-8-4-5-9-28)29-13-15(12-25-29)22(30)31;1-4-28(5-2)21-18-10-17(16-9-7-6-8-14(16)3)19(24)11-20(18)26-23(27-21)29-13-15(12-25-29)22(30)31/h2-3,6-7,10-13H,4-5,8-9H2,1H3,(H,30,31);6-13H,4-5H2,1-3H3,(H,30,31). The summed E-state index contributed by atoms with van der Waals surface area (Å²) in [5.74, 6) is -1.18. The minimum atomic E-state index is -1.09. The number of aryl methyl sites for hydroxylation is 2. The maximum absolute atomic E-state index is 15.2. The topological polar surface area (TPSA) is 168 Å². The number of anilines is 2. The number of fused-ring (bicyclic) bond motifs is 2. The van der Waals surface area contributed by atoms with Crippen LogP contribution in [-0.2, 0) is 0 Å². The number of carboxylic acids is 2. The number of carbonyl (C=O) groups is 2. The number of halogens is 2. The molecule has 4 aromatic carbocycles. The molecule has 14 nitrogen and oxygen atoms in total. The van der Waals surface area contributed by atoms with E-state index in [0.717, 1.165) is 59.0 Å². The molecule has 0 unspecified atom stereocenters. The molecule has 0 amide bonds. The summed E-state index contributed by atoms with van der Waals surface area (Å²) in [7, 11) is 0. The summed E-state index contributed by atoms with van der Waals surface area (Å²) >= 11 is 0. The van der Waals surface area contributed by atoms with Crippen LogP contribution < -0.4 is 9.80 Å². The van der Waals surface area contributed by atoms with Gasteiger partial charge in [-0.25, -0.2) is 37.7 Å². The Balaban J connectivity index is 0.000000171. The lowest BCUT2D eigenvalue weighted by molar-refractivity contribution is 0.0686. The first-order chi connectivity index (χ1) is 29.9. The van der Waals surface area contributed by atoms with Crippen LogP contribution in [0.3, 0.4) is 0 Å². The third-order valence-corrected chi connectivity index (χ3v) is 10.9. The van der Waals surface area contributed by atoms with Gasteiger partial charge in [0.2, 0.25) is 0 Å². The lowest BCUT2D eigenvalue weighted by atomic mass is 9.98. The van der Waals surface area contributed by atoms with Crippen molar-refractivity contribution in [3.63, 3.8) is 0 Å². The van der Waals surface area contributed by atoms with Crippen molar-refractivity contribution in [2.24, 2.45) is 0 Å². The fourth-order valence-corrected chi connectivity index (χ4v) is 7.63. The Bertz CT molecular complexity index is 2800.